The molecular weight excluding hydrogens is 476 g/mol. The number of aromatic nitrogens is 1. The molecule has 38 heavy (non-hydrogen) atoms. The van der Waals surface area contributed by atoms with Crippen molar-refractivity contribution >= 4 is 6.16 Å². The first-order valence-corrected chi connectivity index (χ1v) is 13.3. The number of carbonyl (C=O) groups is 1. The van der Waals surface area contributed by atoms with Gasteiger partial charge in [-0.05, 0) is 73.2 Å². The van der Waals surface area contributed by atoms with Crippen molar-refractivity contribution in [1.29, 1.82) is 0 Å². The number of hydrogen-bond donors (Lipinski definition) is 2. The highest BCUT2D eigenvalue weighted by molar-refractivity contribution is 5.70. The first-order chi connectivity index (χ1) is 18.5. The summed E-state index contributed by atoms with van der Waals surface area (Å²) < 4.78 is 5.85. The number of nitrogens with zero attached hydrogens (tertiary/aromatic N) is 2. The van der Waals surface area contributed by atoms with Gasteiger partial charge in [0.05, 0.1) is 5.69 Å². The maximum atomic E-state index is 8.56. The van der Waals surface area contributed by atoms with Crippen LogP contribution in [0.25, 0.3) is 22.5 Å². The van der Waals surface area contributed by atoms with Crippen LogP contribution in [-0.4, -0.2) is 39.5 Å². The van der Waals surface area contributed by atoms with E-state index in [1.54, 1.807) is 0 Å². The van der Waals surface area contributed by atoms with Crippen molar-refractivity contribution in [3.05, 3.63) is 101 Å². The lowest BCUT2D eigenvalue weighted by molar-refractivity contribution is 0.137. The van der Waals surface area contributed by atoms with Gasteiger partial charge < -0.3 is 14.7 Å². The Morgan fingerprint density at radius 2 is 1.42 bits per heavy atom. The van der Waals surface area contributed by atoms with Crippen molar-refractivity contribution < 1.29 is 19.5 Å². The molecule has 2 heterocycles. The normalized spacial score (nSPS) is 17.4. The molecule has 196 valence electrons. The summed E-state index contributed by atoms with van der Waals surface area (Å²) in [5.74, 6) is 2.31. The van der Waals surface area contributed by atoms with Crippen LogP contribution < -0.4 is 0 Å². The van der Waals surface area contributed by atoms with Crippen LogP contribution in [0.4, 0.5) is 4.79 Å². The molecule has 2 aliphatic rings. The lowest BCUT2D eigenvalue weighted by atomic mass is 9.90. The van der Waals surface area contributed by atoms with E-state index in [2.05, 4.69) is 95.8 Å². The smallest absolute Gasteiger partial charge is 0.450 e. The lowest BCUT2D eigenvalue weighted by Crippen LogP contribution is -2.34. The lowest BCUT2D eigenvalue weighted by Gasteiger charge is -2.33. The minimum atomic E-state index is -1.83. The van der Waals surface area contributed by atoms with Crippen molar-refractivity contribution in [3.63, 3.8) is 0 Å². The van der Waals surface area contributed by atoms with Crippen LogP contribution >= 0.6 is 0 Å². The summed E-state index contributed by atoms with van der Waals surface area (Å²) in [5, 5.41) is 18.3. The van der Waals surface area contributed by atoms with Crippen LogP contribution in [0.5, 0.6) is 0 Å². The maximum Gasteiger partial charge on any atom is 0.503 e. The zero-order valence-corrected chi connectivity index (χ0v) is 21.7. The monoisotopic (exact) mass is 510 g/mol. The third-order valence-corrected chi connectivity index (χ3v) is 7.58. The van der Waals surface area contributed by atoms with Crippen molar-refractivity contribution in [2.45, 2.75) is 51.0 Å². The average Bonchev–Trinajstić information content (AvgIpc) is 3.73. The van der Waals surface area contributed by atoms with Gasteiger partial charge in [0, 0.05) is 24.2 Å². The Morgan fingerprint density at radius 3 is 2.05 bits per heavy atom. The largest absolute Gasteiger partial charge is 0.503 e. The SMILES string of the molecule is Cc1noc(-c2ccc(-c3ccc(C4CC4)cc3)cc2)c1CN1CCCC(c2ccccc2)C1.O=C(O)O. The van der Waals surface area contributed by atoms with E-state index in [4.69, 9.17) is 19.5 Å². The van der Waals surface area contributed by atoms with Crippen LogP contribution in [0.15, 0.2) is 83.4 Å². The number of benzene rings is 3. The molecule has 4 aromatic rings. The predicted octanol–water partition coefficient (Wildman–Crippen LogP) is 7.80. The minimum absolute atomic E-state index is 0.601. The van der Waals surface area contributed by atoms with Gasteiger partial charge in [0.15, 0.2) is 5.76 Å². The van der Waals surface area contributed by atoms with E-state index in [0.29, 0.717) is 5.92 Å². The molecule has 0 spiro atoms. The molecule has 0 bridgehead atoms. The second kappa shape index (κ2) is 11.7. The second-order valence-corrected chi connectivity index (χ2v) is 10.3. The predicted molar refractivity (Wildman–Crippen MR) is 148 cm³/mol. The summed E-state index contributed by atoms with van der Waals surface area (Å²) >= 11 is 0. The van der Waals surface area contributed by atoms with Crippen molar-refractivity contribution in [3.8, 4) is 22.5 Å². The number of carboxylic acid groups (broad SMARTS) is 2. The van der Waals surface area contributed by atoms with Crippen LogP contribution in [0.2, 0.25) is 0 Å². The highest BCUT2D eigenvalue weighted by Gasteiger charge is 2.25. The van der Waals surface area contributed by atoms with E-state index in [9.17, 15) is 0 Å². The average molecular weight is 511 g/mol. The van der Waals surface area contributed by atoms with Crippen molar-refractivity contribution in [1.82, 2.24) is 10.1 Å². The van der Waals surface area contributed by atoms with E-state index < -0.39 is 6.16 Å². The molecule has 6 nitrogen and oxygen atoms in total. The quantitative estimate of drug-likeness (QED) is 0.275. The Labute approximate surface area is 223 Å². The van der Waals surface area contributed by atoms with Crippen LogP contribution in [0.3, 0.4) is 0 Å². The molecule has 1 unspecified atom stereocenters. The third kappa shape index (κ3) is 6.32. The number of hydrogen-bond acceptors (Lipinski definition) is 4. The number of piperidine rings is 1. The molecule has 6 heteroatoms. The third-order valence-electron chi connectivity index (χ3n) is 7.58. The molecule has 1 atom stereocenters. The maximum absolute atomic E-state index is 8.56. The zero-order chi connectivity index (χ0) is 26.5. The fourth-order valence-corrected chi connectivity index (χ4v) is 5.40. The molecule has 0 radical (unpaired) electrons. The molecule has 2 N–H and O–H groups in total. The van der Waals surface area contributed by atoms with Crippen molar-refractivity contribution in [2.24, 2.45) is 0 Å². The fraction of sp³-hybridized carbons (Fsp3) is 0.312. The highest BCUT2D eigenvalue weighted by atomic mass is 16.6. The molecule has 2 fully saturated rings. The molecular formula is C32H34N2O4. The molecule has 6 rings (SSSR count). The number of rotatable bonds is 6. The number of aryl methyl sites for hydroxylation is 1. The summed E-state index contributed by atoms with van der Waals surface area (Å²) in [6.07, 6.45) is 3.35. The summed E-state index contributed by atoms with van der Waals surface area (Å²) in [4.78, 5) is 11.1. The van der Waals surface area contributed by atoms with Gasteiger partial charge in [-0.15, -0.1) is 0 Å². The van der Waals surface area contributed by atoms with Crippen LogP contribution in [-0.2, 0) is 6.54 Å². The summed E-state index contributed by atoms with van der Waals surface area (Å²) in [6, 6.07) is 28.8. The minimum Gasteiger partial charge on any atom is -0.450 e. The topological polar surface area (TPSA) is 86.8 Å². The van der Waals surface area contributed by atoms with Crippen molar-refractivity contribution in [2.75, 3.05) is 13.1 Å². The Hall–Kier alpha value is -3.90. The molecule has 1 saturated heterocycles. The molecule has 1 aliphatic heterocycles. The van der Waals surface area contributed by atoms with Gasteiger partial charge in [-0.2, -0.15) is 0 Å². The van der Waals surface area contributed by atoms with Gasteiger partial charge in [0.25, 0.3) is 0 Å². The van der Waals surface area contributed by atoms with E-state index in [-0.39, 0.29) is 0 Å². The van der Waals surface area contributed by atoms with Gasteiger partial charge >= 0.3 is 6.16 Å². The molecule has 3 aromatic carbocycles. The van der Waals surface area contributed by atoms with E-state index >= 15 is 0 Å². The first kappa shape index (κ1) is 25.7. The molecule has 1 saturated carbocycles. The van der Waals surface area contributed by atoms with E-state index in [1.165, 1.54) is 53.5 Å². The summed E-state index contributed by atoms with van der Waals surface area (Å²) in [5.41, 5.74) is 8.76. The molecule has 1 aliphatic carbocycles. The zero-order valence-electron chi connectivity index (χ0n) is 21.7. The fourth-order valence-electron chi connectivity index (χ4n) is 5.40. The standard InChI is InChI=1S/C31H32N2O.CH2O3/c1-22-30(21-33-19-5-8-29(20-33)23-6-3-2-4-7-23)31(34-32-22)28-17-15-27(16-18-28)26-13-11-25(12-14-26)24-9-10-24;2-1(3)4/h2-4,6-7,11-18,24,29H,5,8-10,19-21H2,1H3;(H2,2,3,4). The summed E-state index contributed by atoms with van der Waals surface area (Å²) in [7, 11) is 0. The first-order valence-electron chi connectivity index (χ1n) is 13.3. The Morgan fingerprint density at radius 1 is 0.842 bits per heavy atom. The number of likely N-dealkylation sites (tertiary alicyclic amines) is 1. The molecule has 1 aromatic heterocycles. The Balaban J connectivity index is 0.000000689. The van der Waals surface area contributed by atoms with Gasteiger partial charge in [-0.1, -0.05) is 84.0 Å². The van der Waals surface area contributed by atoms with Crippen LogP contribution in [0, 0.1) is 6.92 Å². The van der Waals surface area contributed by atoms with E-state index in [1.807, 2.05) is 0 Å². The van der Waals surface area contributed by atoms with Gasteiger partial charge in [0.1, 0.15) is 0 Å². The molecule has 0 amide bonds. The van der Waals surface area contributed by atoms with Gasteiger partial charge in [0.2, 0.25) is 0 Å². The van der Waals surface area contributed by atoms with Gasteiger partial charge in [-0.25, -0.2) is 4.79 Å². The van der Waals surface area contributed by atoms with E-state index in [0.717, 1.165) is 42.6 Å². The van der Waals surface area contributed by atoms with Gasteiger partial charge in [-0.3, -0.25) is 4.90 Å². The summed E-state index contributed by atoms with van der Waals surface area (Å²) in [6.45, 7) is 5.17. The Kier molecular flexibility index (Phi) is 7.89. The van der Waals surface area contributed by atoms with Crippen LogP contribution in [0.1, 0.15) is 59.9 Å². The highest BCUT2D eigenvalue weighted by Crippen LogP contribution is 2.40. The Bertz CT molecular complexity index is 1340. The second-order valence-electron chi connectivity index (χ2n) is 10.3.